The molecule has 4 aromatic rings. The Balaban J connectivity index is 1.42. The normalized spacial score (nSPS) is 10.8. The van der Waals surface area contributed by atoms with Gasteiger partial charge in [-0.3, -0.25) is 4.79 Å². The van der Waals surface area contributed by atoms with E-state index in [0.29, 0.717) is 16.4 Å². The number of aromatic nitrogens is 3. The molecule has 1 amide bonds. The molecule has 168 valence electrons. The van der Waals surface area contributed by atoms with E-state index in [1.54, 1.807) is 7.11 Å². The first-order valence-corrected chi connectivity index (χ1v) is 11.9. The molecule has 33 heavy (non-hydrogen) atoms. The number of amides is 1. The largest absolute Gasteiger partial charge is 0.496 e. The standard InChI is InChI=1S/C23H18ClFN4O2S2/c1-13-22(33-23(26-13)15-5-3-4-6-19(15)31-2)18-9-10-21(29-28-18)32-12-20(30)27-14-7-8-17(25)16(24)11-14/h3-11H,12H2,1-2H3,(H,27,30). The second kappa shape index (κ2) is 10.3. The Bertz CT molecular complexity index is 1300. The van der Waals surface area contributed by atoms with E-state index < -0.39 is 5.82 Å². The summed E-state index contributed by atoms with van der Waals surface area (Å²) >= 11 is 8.51. The molecule has 4 rings (SSSR count). The SMILES string of the molecule is COc1ccccc1-c1nc(C)c(-c2ccc(SCC(=O)Nc3ccc(F)c(Cl)c3)nn2)s1. The van der Waals surface area contributed by atoms with E-state index in [2.05, 4.69) is 20.5 Å². The highest BCUT2D eigenvalue weighted by atomic mass is 35.5. The smallest absolute Gasteiger partial charge is 0.234 e. The highest BCUT2D eigenvalue weighted by Crippen LogP contribution is 2.38. The molecule has 0 aliphatic carbocycles. The van der Waals surface area contributed by atoms with Crippen molar-refractivity contribution in [2.45, 2.75) is 11.9 Å². The second-order valence-electron chi connectivity index (χ2n) is 6.86. The lowest BCUT2D eigenvalue weighted by Crippen LogP contribution is -2.14. The number of ether oxygens (including phenoxy) is 1. The first-order valence-electron chi connectivity index (χ1n) is 9.77. The summed E-state index contributed by atoms with van der Waals surface area (Å²) in [6, 6.07) is 15.4. The van der Waals surface area contributed by atoms with Gasteiger partial charge in [0.1, 0.15) is 27.3 Å². The Morgan fingerprint density at radius 2 is 2.00 bits per heavy atom. The van der Waals surface area contributed by atoms with Crippen molar-refractivity contribution in [1.29, 1.82) is 0 Å². The lowest BCUT2D eigenvalue weighted by Gasteiger charge is -2.06. The molecule has 0 aliphatic heterocycles. The Kier molecular flexibility index (Phi) is 7.22. The number of hydrogen-bond acceptors (Lipinski definition) is 7. The minimum atomic E-state index is -0.536. The second-order valence-corrected chi connectivity index (χ2v) is 9.26. The molecule has 2 aromatic carbocycles. The van der Waals surface area contributed by atoms with Crippen molar-refractivity contribution in [2.75, 3.05) is 18.2 Å². The molecule has 2 heterocycles. The van der Waals surface area contributed by atoms with Crippen molar-refractivity contribution >= 4 is 46.3 Å². The zero-order valence-electron chi connectivity index (χ0n) is 17.6. The van der Waals surface area contributed by atoms with E-state index in [4.69, 9.17) is 16.3 Å². The van der Waals surface area contributed by atoms with Crippen molar-refractivity contribution < 1.29 is 13.9 Å². The van der Waals surface area contributed by atoms with Gasteiger partial charge in [-0.15, -0.1) is 21.5 Å². The Morgan fingerprint density at radius 3 is 2.73 bits per heavy atom. The molecule has 0 saturated carbocycles. The fourth-order valence-corrected chi connectivity index (χ4v) is 4.85. The van der Waals surface area contributed by atoms with Gasteiger partial charge in [-0.25, -0.2) is 9.37 Å². The molecule has 1 N–H and O–H groups in total. The number of carbonyl (C=O) groups is 1. The lowest BCUT2D eigenvalue weighted by atomic mass is 10.2. The summed E-state index contributed by atoms with van der Waals surface area (Å²) in [5.74, 6) is 0.0938. The molecule has 10 heteroatoms. The van der Waals surface area contributed by atoms with Gasteiger partial charge in [0.25, 0.3) is 0 Å². The fourth-order valence-electron chi connectivity index (χ4n) is 3.00. The highest BCUT2D eigenvalue weighted by Gasteiger charge is 2.16. The van der Waals surface area contributed by atoms with Crippen molar-refractivity contribution in [3.63, 3.8) is 0 Å². The minimum absolute atomic E-state index is 0.0471. The first-order chi connectivity index (χ1) is 15.9. The molecule has 0 fully saturated rings. The number of rotatable bonds is 7. The number of para-hydroxylation sites is 1. The summed E-state index contributed by atoms with van der Waals surface area (Å²) in [5.41, 5.74) is 2.92. The monoisotopic (exact) mass is 500 g/mol. The van der Waals surface area contributed by atoms with Gasteiger partial charge >= 0.3 is 0 Å². The molecule has 0 aliphatic rings. The minimum Gasteiger partial charge on any atom is -0.496 e. The van der Waals surface area contributed by atoms with Crippen molar-refractivity contribution in [3.05, 3.63) is 71.1 Å². The number of halogens is 2. The van der Waals surface area contributed by atoms with Crippen molar-refractivity contribution in [2.24, 2.45) is 0 Å². The number of nitrogens with one attached hydrogen (secondary N) is 1. The van der Waals surface area contributed by atoms with Gasteiger partial charge < -0.3 is 10.1 Å². The van der Waals surface area contributed by atoms with Gasteiger partial charge in [-0.05, 0) is 49.4 Å². The number of benzene rings is 2. The zero-order chi connectivity index (χ0) is 23.4. The van der Waals surface area contributed by atoms with Crippen molar-refractivity contribution in [3.8, 4) is 26.9 Å². The molecule has 0 atom stereocenters. The number of thiazole rings is 1. The van der Waals surface area contributed by atoms with Crippen LogP contribution in [0.2, 0.25) is 5.02 Å². The van der Waals surface area contributed by atoms with E-state index in [0.717, 1.165) is 26.9 Å². The predicted octanol–water partition coefficient (Wildman–Crippen LogP) is 6.11. The van der Waals surface area contributed by atoms with Crippen LogP contribution in [0.1, 0.15) is 5.69 Å². The molecule has 0 spiro atoms. The summed E-state index contributed by atoms with van der Waals surface area (Å²) in [6.07, 6.45) is 0. The molecule has 6 nitrogen and oxygen atoms in total. The van der Waals surface area contributed by atoms with E-state index in [9.17, 15) is 9.18 Å². The lowest BCUT2D eigenvalue weighted by molar-refractivity contribution is -0.113. The van der Waals surface area contributed by atoms with Crippen LogP contribution in [0.25, 0.3) is 21.1 Å². The number of hydrogen-bond donors (Lipinski definition) is 1. The topological polar surface area (TPSA) is 77.0 Å². The van der Waals surface area contributed by atoms with Gasteiger partial charge in [0.2, 0.25) is 5.91 Å². The van der Waals surface area contributed by atoms with Crippen LogP contribution in [-0.4, -0.2) is 34.0 Å². The Morgan fingerprint density at radius 1 is 1.18 bits per heavy atom. The van der Waals surface area contributed by atoms with Gasteiger partial charge in [-0.1, -0.05) is 35.5 Å². The van der Waals surface area contributed by atoms with Crippen LogP contribution in [-0.2, 0) is 4.79 Å². The van der Waals surface area contributed by atoms with Crippen LogP contribution in [0.5, 0.6) is 5.75 Å². The average molecular weight is 501 g/mol. The quantitative estimate of drug-likeness (QED) is 0.309. The number of anilines is 1. The third-order valence-electron chi connectivity index (χ3n) is 4.56. The molecule has 0 saturated heterocycles. The van der Waals surface area contributed by atoms with Crippen LogP contribution in [0.15, 0.2) is 59.6 Å². The van der Waals surface area contributed by atoms with E-state index in [-0.39, 0.29) is 16.7 Å². The molecule has 2 aromatic heterocycles. The number of nitrogens with zero attached hydrogens (tertiary/aromatic N) is 3. The maximum Gasteiger partial charge on any atom is 0.234 e. The van der Waals surface area contributed by atoms with E-state index >= 15 is 0 Å². The van der Waals surface area contributed by atoms with Crippen LogP contribution in [0, 0.1) is 12.7 Å². The molecule has 0 unspecified atom stereocenters. The van der Waals surface area contributed by atoms with E-state index in [1.807, 2.05) is 43.3 Å². The zero-order valence-corrected chi connectivity index (χ0v) is 20.0. The Hall–Kier alpha value is -3.01. The van der Waals surface area contributed by atoms with Crippen LogP contribution in [0.3, 0.4) is 0 Å². The van der Waals surface area contributed by atoms with Gasteiger partial charge in [-0.2, -0.15) is 0 Å². The number of carbonyl (C=O) groups excluding carboxylic acids is 1. The predicted molar refractivity (Wildman–Crippen MR) is 131 cm³/mol. The van der Waals surface area contributed by atoms with Gasteiger partial charge in [0.05, 0.1) is 34.0 Å². The maximum atomic E-state index is 13.2. The average Bonchev–Trinajstić information content (AvgIpc) is 3.21. The van der Waals surface area contributed by atoms with Crippen LogP contribution < -0.4 is 10.1 Å². The van der Waals surface area contributed by atoms with Gasteiger partial charge in [0.15, 0.2) is 0 Å². The molecule has 0 bridgehead atoms. The number of methoxy groups -OCH3 is 1. The molecular formula is C23H18ClFN4O2S2. The number of aryl methyl sites for hydroxylation is 1. The van der Waals surface area contributed by atoms with Crippen molar-refractivity contribution in [1.82, 2.24) is 15.2 Å². The third kappa shape index (κ3) is 5.50. The summed E-state index contributed by atoms with van der Waals surface area (Å²) in [7, 11) is 1.64. The fraction of sp³-hybridized carbons (Fsp3) is 0.130. The van der Waals surface area contributed by atoms with Crippen LogP contribution in [0.4, 0.5) is 10.1 Å². The maximum absolute atomic E-state index is 13.2. The summed E-state index contributed by atoms with van der Waals surface area (Å²) < 4.78 is 18.7. The summed E-state index contributed by atoms with van der Waals surface area (Å²) in [4.78, 5) is 17.8. The number of thioether (sulfide) groups is 1. The highest BCUT2D eigenvalue weighted by molar-refractivity contribution is 7.99. The van der Waals surface area contributed by atoms with Gasteiger partial charge in [0, 0.05) is 5.69 Å². The summed E-state index contributed by atoms with van der Waals surface area (Å²) in [5, 5.41) is 12.6. The first kappa shape index (κ1) is 23.2. The van der Waals surface area contributed by atoms with E-state index in [1.165, 1.54) is 41.3 Å². The third-order valence-corrected chi connectivity index (χ3v) is 6.98. The molecular weight excluding hydrogens is 483 g/mol. The van der Waals surface area contributed by atoms with Crippen LogP contribution >= 0.6 is 34.7 Å². The molecule has 0 radical (unpaired) electrons. The summed E-state index contributed by atoms with van der Waals surface area (Å²) in [6.45, 7) is 1.93. The Labute approximate surface area is 203 Å².